The molecule has 0 aliphatic rings. The van der Waals surface area contributed by atoms with Crippen molar-refractivity contribution in [2.75, 3.05) is 5.75 Å². The second-order valence-corrected chi connectivity index (χ2v) is 7.94. The first-order valence-electron chi connectivity index (χ1n) is 5.37. The van der Waals surface area contributed by atoms with Gasteiger partial charge in [-0.1, -0.05) is 0 Å². The van der Waals surface area contributed by atoms with Gasteiger partial charge in [-0.05, 0) is 40.7 Å². The fourth-order valence-corrected chi connectivity index (χ4v) is 2.44. The van der Waals surface area contributed by atoms with E-state index < -0.39 is 14.6 Å². The van der Waals surface area contributed by atoms with Crippen molar-refractivity contribution >= 4 is 9.84 Å². The number of aryl methyl sites for hydroxylation is 3. The zero-order chi connectivity index (χ0) is 12.6. The van der Waals surface area contributed by atoms with Crippen LogP contribution in [0, 0.1) is 13.8 Å². The highest BCUT2D eigenvalue weighted by atomic mass is 32.2. The lowest BCUT2D eigenvalue weighted by molar-refractivity contribution is 0.545. The van der Waals surface area contributed by atoms with Crippen molar-refractivity contribution in [3.8, 4) is 0 Å². The molecule has 0 saturated carbocycles. The van der Waals surface area contributed by atoms with Crippen molar-refractivity contribution < 1.29 is 8.42 Å². The van der Waals surface area contributed by atoms with E-state index >= 15 is 0 Å². The summed E-state index contributed by atoms with van der Waals surface area (Å²) in [5.41, 5.74) is 1.92. The number of aromatic nitrogens is 2. The molecular formula is C11H20N2O2S. The van der Waals surface area contributed by atoms with E-state index in [1.165, 1.54) is 0 Å². The van der Waals surface area contributed by atoms with Crippen LogP contribution in [0.3, 0.4) is 0 Å². The molecule has 0 spiro atoms. The van der Waals surface area contributed by atoms with Crippen molar-refractivity contribution in [3.05, 3.63) is 17.5 Å². The van der Waals surface area contributed by atoms with Gasteiger partial charge in [-0.2, -0.15) is 5.10 Å². The number of hydrogen-bond acceptors (Lipinski definition) is 3. The summed E-state index contributed by atoms with van der Waals surface area (Å²) in [4.78, 5) is 0. The highest BCUT2D eigenvalue weighted by Crippen LogP contribution is 2.16. The van der Waals surface area contributed by atoms with Crippen molar-refractivity contribution in [2.24, 2.45) is 0 Å². The molecule has 0 radical (unpaired) electrons. The molecule has 0 atom stereocenters. The Balaban J connectivity index is 2.77. The maximum absolute atomic E-state index is 11.9. The predicted octanol–water partition coefficient (Wildman–Crippen LogP) is 1.71. The Hall–Kier alpha value is -0.840. The van der Waals surface area contributed by atoms with E-state index in [4.69, 9.17) is 0 Å². The Morgan fingerprint density at radius 1 is 1.31 bits per heavy atom. The quantitative estimate of drug-likeness (QED) is 0.813. The second kappa shape index (κ2) is 4.20. The van der Waals surface area contributed by atoms with Crippen molar-refractivity contribution in [1.29, 1.82) is 0 Å². The molecule has 0 saturated heterocycles. The van der Waals surface area contributed by atoms with Gasteiger partial charge < -0.3 is 0 Å². The monoisotopic (exact) mass is 244 g/mol. The molecule has 1 rings (SSSR count). The van der Waals surface area contributed by atoms with E-state index in [1.807, 2.05) is 19.9 Å². The molecule has 1 aromatic heterocycles. The topological polar surface area (TPSA) is 52.0 Å². The van der Waals surface area contributed by atoms with E-state index in [1.54, 1.807) is 25.5 Å². The summed E-state index contributed by atoms with van der Waals surface area (Å²) < 4.78 is 24.9. The summed E-state index contributed by atoms with van der Waals surface area (Å²) >= 11 is 0. The minimum absolute atomic E-state index is 0.137. The summed E-state index contributed by atoms with van der Waals surface area (Å²) in [7, 11) is -3.06. The van der Waals surface area contributed by atoms with Gasteiger partial charge in [0.1, 0.15) is 0 Å². The minimum Gasteiger partial charge on any atom is -0.269 e. The van der Waals surface area contributed by atoms with E-state index in [0.717, 1.165) is 11.4 Å². The molecule has 0 N–H and O–H groups in total. The average molecular weight is 244 g/mol. The molecule has 0 amide bonds. The number of nitrogens with zero attached hydrogens (tertiary/aromatic N) is 2. The Kier molecular flexibility index (Phi) is 3.47. The molecule has 5 heteroatoms. The molecule has 0 fully saturated rings. The Bertz CT molecular complexity index is 467. The molecular weight excluding hydrogens is 224 g/mol. The first kappa shape index (κ1) is 13.2. The molecule has 4 nitrogen and oxygen atoms in total. The highest BCUT2D eigenvalue weighted by molar-refractivity contribution is 7.92. The van der Waals surface area contributed by atoms with E-state index in [2.05, 4.69) is 5.10 Å². The largest absolute Gasteiger partial charge is 0.269 e. The number of hydrogen-bond donors (Lipinski definition) is 0. The zero-order valence-corrected chi connectivity index (χ0v) is 11.4. The highest BCUT2D eigenvalue weighted by Gasteiger charge is 2.28. The molecule has 0 bridgehead atoms. The molecule has 0 aromatic carbocycles. The smallest absolute Gasteiger partial charge is 0.157 e. The average Bonchev–Trinajstić information content (AvgIpc) is 2.39. The molecule has 92 valence electrons. The van der Waals surface area contributed by atoms with Gasteiger partial charge in [-0.3, -0.25) is 4.68 Å². The maximum Gasteiger partial charge on any atom is 0.157 e. The van der Waals surface area contributed by atoms with Crippen LogP contribution in [0.4, 0.5) is 0 Å². The van der Waals surface area contributed by atoms with Crippen LogP contribution in [0.5, 0.6) is 0 Å². The van der Waals surface area contributed by atoms with Crippen LogP contribution in [0.1, 0.15) is 32.2 Å². The van der Waals surface area contributed by atoms with Crippen molar-refractivity contribution in [3.63, 3.8) is 0 Å². The predicted molar refractivity (Wildman–Crippen MR) is 65.2 cm³/mol. The maximum atomic E-state index is 11.9. The van der Waals surface area contributed by atoms with Crippen molar-refractivity contribution in [2.45, 2.75) is 45.9 Å². The van der Waals surface area contributed by atoms with Gasteiger partial charge in [0.2, 0.25) is 0 Å². The summed E-state index contributed by atoms with van der Waals surface area (Å²) in [6, 6.07) is 1.95. The van der Waals surface area contributed by atoms with Crippen LogP contribution in [-0.4, -0.2) is 28.7 Å². The molecule has 0 aliphatic heterocycles. The summed E-state index contributed by atoms with van der Waals surface area (Å²) in [5, 5.41) is 4.25. The Morgan fingerprint density at radius 3 is 2.25 bits per heavy atom. The molecule has 1 aromatic rings. The molecule has 0 unspecified atom stereocenters. The summed E-state index contributed by atoms with van der Waals surface area (Å²) in [6.07, 6.45) is 0. The lowest BCUT2D eigenvalue weighted by Crippen LogP contribution is -2.32. The van der Waals surface area contributed by atoms with Crippen LogP contribution in [-0.2, 0) is 16.4 Å². The van der Waals surface area contributed by atoms with Gasteiger partial charge in [0.25, 0.3) is 0 Å². The molecule has 16 heavy (non-hydrogen) atoms. The molecule has 1 heterocycles. The lowest BCUT2D eigenvalue weighted by atomic mass is 10.3. The Labute approximate surface area is 97.6 Å². The third-order valence-corrected chi connectivity index (χ3v) is 5.19. The molecule has 0 aliphatic carbocycles. The summed E-state index contributed by atoms with van der Waals surface area (Å²) in [5.74, 6) is 0.137. The van der Waals surface area contributed by atoms with Crippen molar-refractivity contribution in [1.82, 2.24) is 9.78 Å². The second-order valence-electron chi connectivity index (χ2n) is 5.08. The van der Waals surface area contributed by atoms with Crippen LogP contribution in [0.15, 0.2) is 6.07 Å². The van der Waals surface area contributed by atoms with Gasteiger partial charge in [0.05, 0.1) is 22.7 Å². The fourth-order valence-electron chi connectivity index (χ4n) is 1.41. The van der Waals surface area contributed by atoms with E-state index in [0.29, 0.717) is 6.54 Å². The standard InChI is InChI=1S/C11H20N2O2S/c1-9-8-10(2)13(12-9)6-7-16(14,15)11(3,4)5/h8H,6-7H2,1-5H3. The minimum atomic E-state index is -3.06. The first-order valence-corrected chi connectivity index (χ1v) is 7.02. The number of sulfone groups is 1. The van der Waals surface area contributed by atoms with E-state index in [9.17, 15) is 8.42 Å². The first-order chi connectivity index (χ1) is 7.13. The fraction of sp³-hybridized carbons (Fsp3) is 0.727. The summed E-state index contributed by atoms with van der Waals surface area (Å²) in [6.45, 7) is 9.45. The van der Waals surface area contributed by atoms with Gasteiger partial charge in [0.15, 0.2) is 9.84 Å². The van der Waals surface area contributed by atoms with Crippen LogP contribution >= 0.6 is 0 Å². The Morgan fingerprint density at radius 2 is 1.88 bits per heavy atom. The van der Waals surface area contributed by atoms with E-state index in [-0.39, 0.29) is 5.75 Å². The number of rotatable bonds is 3. The van der Waals surface area contributed by atoms with Gasteiger partial charge in [-0.25, -0.2) is 8.42 Å². The van der Waals surface area contributed by atoms with Gasteiger partial charge in [-0.15, -0.1) is 0 Å². The van der Waals surface area contributed by atoms with Crippen LogP contribution in [0.25, 0.3) is 0 Å². The normalized spacial score (nSPS) is 13.1. The zero-order valence-electron chi connectivity index (χ0n) is 10.6. The van der Waals surface area contributed by atoms with Crippen LogP contribution in [0.2, 0.25) is 0 Å². The SMILES string of the molecule is Cc1cc(C)n(CCS(=O)(=O)C(C)(C)C)n1. The third-order valence-electron chi connectivity index (χ3n) is 2.61. The van der Waals surface area contributed by atoms with Gasteiger partial charge >= 0.3 is 0 Å². The van der Waals surface area contributed by atoms with Crippen LogP contribution < -0.4 is 0 Å². The lowest BCUT2D eigenvalue weighted by Gasteiger charge is -2.19. The van der Waals surface area contributed by atoms with Gasteiger partial charge in [0, 0.05) is 5.69 Å². The third kappa shape index (κ3) is 2.84.